The van der Waals surface area contributed by atoms with Crippen molar-refractivity contribution in [3.63, 3.8) is 0 Å². The largest absolute Gasteiger partial charge is 0.378 e. The molecule has 1 N–H and O–H groups in total. The van der Waals surface area contributed by atoms with Crippen molar-refractivity contribution in [3.05, 3.63) is 35.4 Å². The summed E-state index contributed by atoms with van der Waals surface area (Å²) in [4.78, 5) is 11.8. The van der Waals surface area contributed by atoms with E-state index in [1.54, 1.807) is 0 Å². The van der Waals surface area contributed by atoms with E-state index in [-0.39, 0.29) is 18.3 Å². The van der Waals surface area contributed by atoms with Crippen molar-refractivity contribution in [2.45, 2.75) is 44.6 Å². The Balaban J connectivity index is 1.39. The Morgan fingerprint density at radius 2 is 1.86 bits per heavy atom. The van der Waals surface area contributed by atoms with E-state index in [2.05, 4.69) is 5.32 Å². The van der Waals surface area contributed by atoms with E-state index >= 15 is 0 Å². The number of rotatable bonds is 6. The lowest BCUT2D eigenvalue weighted by Crippen LogP contribution is -2.23. The van der Waals surface area contributed by atoms with Crippen LogP contribution in [0.25, 0.3) is 0 Å². The van der Waals surface area contributed by atoms with Gasteiger partial charge in [0, 0.05) is 25.1 Å². The summed E-state index contributed by atoms with van der Waals surface area (Å²) in [6.45, 7) is 2.68. The van der Waals surface area contributed by atoms with Crippen LogP contribution in [-0.2, 0) is 25.5 Å². The maximum absolute atomic E-state index is 11.8. The number of carbonyl (C=O) groups is 1. The van der Waals surface area contributed by atoms with Gasteiger partial charge in [-0.1, -0.05) is 24.3 Å². The third-order valence-corrected chi connectivity index (χ3v) is 4.08. The van der Waals surface area contributed by atoms with Crippen molar-refractivity contribution in [2.24, 2.45) is 0 Å². The van der Waals surface area contributed by atoms with Crippen molar-refractivity contribution < 1.29 is 19.0 Å². The third kappa shape index (κ3) is 4.29. The van der Waals surface area contributed by atoms with Gasteiger partial charge in [0.05, 0.1) is 19.3 Å². The molecule has 2 heterocycles. The summed E-state index contributed by atoms with van der Waals surface area (Å²) >= 11 is 0. The molecule has 2 aliphatic rings. The van der Waals surface area contributed by atoms with Gasteiger partial charge in [-0.25, -0.2) is 0 Å². The molecule has 0 unspecified atom stereocenters. The van der Waals surface area contributed by atoms with Crippen LogP contribution in [0.5, 0.6) is 0 Å². The van der Waals surface area contributed by atoms with Crippen LogP contribution < -0.4 is 5.32 Å². The second-order valence-corrected chi connectivity index (χ2v) is 5.77. The Morgan fingerprint density at radius 1 is 1.09 bits per heavy atom. The highest BCUT2D eigenvalue weighted by molar-refractivity contribution is 5.75. The van der Waals surface area contributed by atoms with Crippen LogP contribution in [0.1, 0.15) is 43.1 Å². The fraction of sp³-hybridized carbons (Fsp3) is 0.588. The number of amides is 1. The summed E-state index contributed by atoms with van der Waals surface area (Å²) < 4.78 is 16.4. The van der Waals surface area contributed by atoms with Gasteiger partial charge in [0.15, 0.2) is 6.29 Å². The lowest BCUT2D eigenvalue weighted by atomic mass is 10.1. The van der Waals surface area contributed by atoms with Crippen LogP contribution in [0.15, 0.2) is 24.3 Å². The monoisotopic (exact) mass is 305 g/mol. The van der Waals surface area contributed by atoms with E-state index in [1.165, 1.54) is 0 Å². The van der Waals surface area contributed by atoms with Crippen molar-refractivity contribution in [3.8, 4) is 0 Å². The Morgan fingerprint density at radius 3 is 2.55 bits per heavy atom. The van der Waals surface area contributed by atoms with E-state index in [1.807, 2.05) is 24.3 Å². The Kier molecular flexibility index (Phi) is 5.43. The highest BCUT2D eigenvalue weighted by Crippen LogP contribution is 2.23. The van der Waals surface area contributed by atoms with E-state index < -0.39 is 0 Å². The molecule has 5 heteroatoms. The first kappa shape index (κ1) is 15.5. The van der Waals surface area contributed by atoms with Crippen LogP contribution in [0.4, 0.5) is 0 Å². The van der Waals surface area contributed by atoms with Crippen LogP contribution in [-0.4, -0.2) is 31.8 Å². The SMILES string of the molecule is O=C(CC[C@@H]1CCCO1)NCc1ccc(C2OCCO2)cc1. The molecular formula is C17H23NO4. The average Bonchev–Trinajstić information content (AvgIpc) is 3.24. The number of nitrogens with one attached hydrogen (secondary N) is 1. The van der Waals surface area contributed by atoms with E-state index in [0.717, 1.165) is 37.0 Å². The molecule has 0 aromatic heterocycles. The maximum Gasteiger partial charge on any atom is 0.220 e. The van der Waals surface area contributed by atoms with Gasteiger partial charge < -0.3 is 19.5 Å². The molecule has 22 heavy (non-hydrogen) atoms. The number of hydrogen-bond donors (Lipinski definition) is 1. The number of benzene rings is 1. The molecule has 0 bridgehead atoms. The Hall–Kier alpha value is -1.43. The van der Waals surface area contributed by atoms with Gasteiger partial charge in [-0.3, -0.25) is 4.79 Å². The molecule has 0 aliphatic carbocycles. The van der Waals surface area contributed by atoms with E-state index in [0.29, 0.717) is 26.2 Å². The quantitative estimate of drug-likeness (QED) is 0.876. The fourth-order valence-corrected chi connectivity index (χ4v) is 2.80. The zero-order chi connectivity index (χ0) is 15.2. The third-order valence-electron chi connectivity index (χ3n) is 4.08. The van der Waals surface area contributed by atoms with E-state index in [4.69, 9.17) is 14.2 Å². The van der Waals surface area contributed by atoms with Crippen LogP contribution in [0, 0.1) is 0 Å². The van der Waals surface area contributed by atoms with Crippen molar-refractivity contribution in [1.82, 2.24) is 5.32 Å². The fourth-order valence-electron chi connectivity index (χ4n) is 2.80. The van der Waals surface area contributed by atoms with Gasteiger partial charge in [-0.15, -0.1) is 0 Å². The molecule has 120 valence electrons. The van der Waals surface area contributed by atoms with Gasteiger partial charge in [-0.2, -0.15) is 0 Å². The van der Waals surface area contributed by atoms with Gasteiger partial charge in [-0.05, 0) is 24.8 Å². The highest BCUT2D eigenvalue weighted by Gasteiger charge is 2.18. The molecule has 1 aromatic carbocycles. The smallest absolute Gasteiger partial charge is 0.220 e. The molecule has 3 rings (SSSR count). The zero-order valence-electron chi connectivity index (χ0n) is 12.8. The molecule has 5 nitrogen and oxygen atoms in total. The van der Waals surface area contributed by atoms with Gasteiger partial charge in [0.1, 0.15) is 0 Å². The van der Waals surface area contributed by atoms with Crippen LogP contribution >= 0.6 is 0 Å². The second-order valence-electron chi connectivity index (χ2n) is 5.77. The predicted octanol–water partition coefficient (Wildman–Crippen LogP) is 2.31. The summed E-state index contributed by atoms with van der Waals surface area (Å²) in [6, 6.07) is 7.98. The minimum atomic E-state index is -0.241. The zero-order valence-corrected chi connectivity index (χ0v) is 12.8. The molecule has 0 radical (unpaired) electrons. The molecule has 2 fully saturated rings. The van der Waals surface area contributed by atoms with Gasteiger partial charge in [0.25, 0.3) is 0 Å². The molecule has 1 atom stereocenters. The molecular weight excluding hydrogens is 282 g/mol. The average molecular weight is 305 g/mol. The standard InChI is InChI=1S/C17H23NO4/c19-16(8-7-15-2-1-9-20-15)18-12-13-3-5-14(6-4-13)17-21-10-11-22-17/h3-6,15,17H,1-2,7-12H2,(H,18,19)/t15-/m0/s1. The lowest BCUT2D eigenvalue weighted by Gasteiger charge is -2.11. The molecule has 0 spiro atoms. The normalized spacial score (nSPS) is 22.1. The van der Waals surface area contributed by atoms with E-state index in [9.17, 15) is 4.79 Å². The maximum atomic E-state index is 11.8. The number of carbonyl (C=O) groups excluding carboxylic acids is 1. The Labute approximate surface area is 130 Å². The molecule has 2 aliphatic heterocycles. The van der Waals surface area contributed by atoms with Gasteiger partial charge >= 0.3 is 0 Å². The van der Waals surface area contributed by atoms with Crippen molar-refractivity contribution in [2.75, 3.05) is 19.8 Å². The van der Waals surface area contributed by atoms with Crippen molar-refractivity contribution >= 4 is 5.91 Å². The Bertz CT molecular complexity index is 476. The highest BCUT2D eigenvalue weighted by atomic mass is 16.7. The summed E-state index contributed by atoms with van der Waals surface area (Å²) in [7, 11) is 0. The minimum Gasteiger partial charge on any atom is -0.378 e. The van der Waals surface area contributed by atoms with Gasteiger partial charge in [0.2, 0.25) is 5.91 Å². The first-order valence-electron chi connectivity index (χ1n) is 8.01. The predicted molar refractivity (Wildman–Crippen MR) is 81.1 cm³/mol. The molecule has 0 saturated carbocycles. The lowest BCUT2D eigenvalue weighted by molar-refractivity contribution is -0.121. The summed E-state index contributed by atoms with van der Waals surface area (Å²) in [5.74, 6) is 0.0852. The first-order valence-corrected chi connectivity index (χ1v) is 8.01. The summed E-state index contributed by atoms with van der Waals surface area (Å²) in [5, 5.41) is 2.95. The molecule has 2 saturated heterocycles. The molecule has 1 amide bonds. The minimum absolute atomic E-state index is 0.0852. The molecule has 1 aromatic rings. The topological polar surface area (TPSA) is 56.8 Å². The van der Waals surface area contributed by atoms with Crippen molar-refractivity contribution in [1.29, 1.82) is 0 Å². The first-order chi connectivity index (χ1) is 10.8. The summed E-state index contributed by atoms with van der Waals surface area (Å²) in [5.41, 5.74) is 2.10. The number of ether oxygens (including phenoxy) is 3. The second kappa shape index (κ2) is 7.72. The number of hydrogen-bond acceptors (Lipinski definition) is 4. The van der Waals surface area contributed by atoms with Crippen LogP contribution in [0.3, 0.4) is 0 Å². The summed E-state index contributed by atoms with van der Waals surface area (Å²) in [6.07, 6.45) is 3.59. The van der Waals surface area contributed by atoms with Crippen LogP contribution in [0.2, 0.25) is 0 Å².